The topological polar surface area (TPSA) is 118 Å². The van der Waals surface area contributed by atoms with E-state index in [1.54, 1.807) is 19.1 Å². The number of hydrogen-bond donors (Lipinski definition) is 3. The molecule has 7 rings (SSSR count). The molecule has 9 atom stereocenters. The molecule has 3 aliphatic carbocycles. The van der Waals surface area contributed by atoms with Gasteiger partial charge in [0.05, 0.1) is 26.4 Å². The third-order valence-corrected chi connectivity index (χ3v) is 13.4. The quantitative estimate of drug-likeness (QED) is 0.188. The minimum Gasteiger partial charge on any atom is -0.496 e. The van der Waals surface area contributed by atoms with Crippen LogP contribution in [0, 0.1) is 29.1 Å². The molecule has 3 aromatic rings. The fourth-order valence-corrected chi connectivity index (χ4v) is 9.98. The number of ether oxygens (including phenoxy) is 1. The van der Waals surface area contributed by atoms with Gasteiger partial charge in [-0.1, -0.05) is 69.3 Å². The zero-order valence-electron chi connectivity index (χ0n) is 35.6. The van der Waals surface area contributed by atoms with Crippen LogP contribution in [0.5, 0.6) is 5.75 Å². The Morgan fingerprint density at radius 3 is 2.33 bits per heavy atom. The summed E-state index contributed by atoms with van der Waals surface area (Å²) in [5.74, 6) is 1.12. The standard InChI is InChI=1S/C46H65N5O6/c1-28-38-23-34(46(38,3)4)24-39(28)47-44(54)42-41(29(2)53)40(27-52)57-51(42)25-31-17-14-18-37(43(31)56-10)32-20-33(22-35(21-32)49(7)8)45(55)50(9)36(26-48(5)6)19-30-15-12-11-13-16-30/h11-18,20-22,28-29,34,36,38-42,52-53H,19,23-27H2,1-10H3,(H,47,54)/t28-,29-,34-,36-,38-,39-,40-,41+,42-/m0/s1. The SMILES string of the molecule is COc1c(CN2O[C@@H](CO)[C@@H]([C@H](C)O)[C@H]2C(=O)N[C@H]2C[C@@H]3C[C@@H]([C@@H]2C)C3(C)C)cccc1-c1cc(C(=O)N(C)[C@@H](Cc2ccccc2)CN(C)C)cc(N(C)C)c1. The van der Waals surface area contributed by atoms with Gasteiger partial charge >= 0.3 is 0 Å². The van der Waals surface area contributed by atoms with Gasteiger partial charge in [-0.3, -0.25) is 14.4 Å². The zero-order valence-corrected chi connectivity index (χ0v) is 35.6. The van der Waals surface area contributed by atoms with Crippen molar-refractivity contribution in [3.8, 4) is 16.9 Å². The molecule has 11 nitrogen and oxygen atoms in total. The second-order valence-corrected chi connectivity index (χ2v) is 17.9. The maximum atomic E-state index is 14.4. The molecule has 2 amide bonds. The van der Waals surface area contributed by atoms with E-state index >= 15 is 0 Å². The van der Waals surface area contributed by atoms with Crippen molar-refractivity contribution in [3.05, 3.63) is 83.4 Å². The lowest BCUT2D eigenvalue weighted by Crippen LogP contribution is -2.62. The number of aliphatic hydroxyl groups is 2. The van der Waals surface area contributed by atoms with Crippen LogP contribution in [-0.4, -0.2) is 123 Å². The highest BCUT2D eigenvalue weighted by Crippen LogP contribution is 2.61. The molecule has 4 aliphatic rings. The lowest BCUT2D eigenvalue weighted by Gasteiger charge is -2.62. The number of nitrogens with zero attached hydrogens (tertiary/aromatic N) is 4. The monoisotopic (exact) mass is 783 g/mol. The van der Waals surface area contributed by atoms with Crippen molar-refractivity contribution in [1.29, 1.82) is 0 Å². The number of hydrogen-bond acceptors (Lipinski definition) is 9. The van der Waals surface area contributed by atoms with Gasteiger partial charge in [-0.2, -0.15) is 5.06 Å². The predicted molar refractivity (Wildman–Crippen MR) is 225 cm³/mol. The molecule has 57 heavy (non-hydrogen) atoms. The first-order valence-corrected chi connectivity index (χ1v) is 20.5. The number of nitrogens with one attached hydrogen (secondary N) is 1. The number of aliphatic hydroxyl groups excluding tert-OH is 2. The van der Waals surface area contributed by atoms with Crippen molar-refractivity contribution in [2.24, 2.45) is 29.1 Å². The summed E-state index contributed by atoms with van der Waals surface area (Å²) in [5.41, 5.74) is 5.24. The van der Waals surface area contributed by atoms with Crippen LogP contribution in [0.2, 0.25) is 0 Å². The molecular weight excluding hydrogens is 719 g/mol. The largest absolute Gasteiger partial charge is 0.496 e. The first-order valence-electron chi connectivity index (χ1n) is 20.5. The lowest BCUT2D eigenvalue weighted by molar-refractivity contribution is -0.183. The summed E-state index contributed by atoms with van der Waals surface area (Å²) in [7, 11) is 11.5. The van der Waals surface area contributed by atoms with E-state index in [0.717, 1.165) is 35.2 Å². The predicted octanol–water partition coefficient (Wildman–Crippen LogP) is 5.33. The molecule has 0 aromatic heterocycles. The average molecular weight is 784 g/mol. The van der Waals surface area contributed by atoms with E-state index < -0.39 is 24.2 Å². The third kappa shape index (κ3) is 8.73. The number of fused-ring (bicyclic) bond motifs is 2. The maximum Gasteiger partial charge on any atom is 0.253 e. The van der Waals surface area contributed by atoms with Crippen LogP contribution in [0.4, 0.5) is 5.69 Å². The number of benzene rings is 3. The van der Waals surface area contributed by atoms with E-state index in [4.69, 9.17) is 9.57 Å². The molecule has 1 aliphatic heterocycles. The molecule has 2 bridgehead atoms. The second-order valence-electron chi connectivity index (χ2n) is 17.9. The van der Waals surface area contributed by atoms with Crippen LogP contribution >= 0.6 is 0 Å². The number of para-hydroxylation sites is 1. The van der Waals surface area contributed by atoms with Gasteiger partial charge < -0.3 is 35.0 Å². The minimum atomic E-state index is -0.903. The third-order valence-electron chi connectivity index (χ3n) is 13.4. The van der Waals surface area contributed by atoms with E-state index in [9.17, 15) is 19.8 Å². The summed E-state index contributed by atoms with van der Waals surface area (Å²) >= 11 is 0. The Morgan fingerprint density at radius 2 is 1.74 bits per heavy atom. The molecule has 0 unspecified atom stereocenters. The molecule has 11 heteroatoms. The number of amides is 2. The van der Waals surface area contributed by atoms with Gasteiger partial charge in [-0.15, -0.1) is 0 Å². The lowest BCUT2D eigenvalue weighted by atomic mass is 9.45. The fraction of sp³-hybridized carbons (Fsp3) is 0.565. The Morgan fingerprint density at radius 1 is 1.02 bits per heavy atom. The number of hydroxylamine groups is 2. The van der Waals surface area contributed by atoms with Gasteiger partial charge in [0, 0.05) is 68.1 Å². The first-order chi connectivity index (χ1) is 27.0. The summed E-state index contributed by atoms with van der Waals surface area (Å²) in [6, 6.07) is 21.1. The molecule has 3 saturated carbocycles. The normalized spacial score (nSPS) is 26.4. The Balaban J connectivity index is 1.30. The van der Waals surface area contributed by atoms with E-state index in [-0.39, 0.29) is 42.5 Å². The molecule has 4 fully saturated rings. The van der Waals surface area contributed by atoms with Gasteiger partial charge in [0.15, 0.2) is 0 Å². The average Bonchev–Trinajstić information content (AvgIpc) is 3.56. The fourth-order valence-electron chi connectivity index (χ4n) is 9.98. The molecular formula is C46H65N5O6. The van der Waals surface area contributed by atoms with Crippen LogP contribution in [0.1, 0.15) is 62.0 Å². The Kier molecular flexibility index (Phi) is 13.1. The van der Waals surface area contributed by atoms with Crippen molar-refractivity contribution in [2.45, 2.75) is 83.8 Å². The molecule has 3 aromatic carbocycles. The highest BCUT2D eigenvalue weighted by atomic mass is 16.7. The smallest absolute Gasteiger partial charge is 0.253 e. The number of anilines is 1. The Labute approximate surface area is 339 Å². The van der Waals surface area contributed by atoms with Crippen molar-refractivity contribution < 1.29 is 29.4 Å². The van der Waals surface area contributed by atoms with Crippen molar-refractivity contribution >= 4 is 17.5 Å². The molecule has 3 N–H and O–H groups in total. The van der Waals surface area contributed by atoms with E-state index in [2.05, 4.69) is 43.1 Å². The van der Waals surface area contributed by atoms with Gasteiger partial charge in [0.1, 0.15) is 17.9 Å². The van der Waals surface area contributed by atoms with E-state index in [1.807, 2.05) is 99.6 Å². The number of rotatable bonds is 15. The second kappa shape index (κ2) is 17.5. The Hall–Kier alpha value is -4.00. The molecule has 310 valence electrons. The highest BCUT2D eigenvalue weighted by molar-refractivity contribution is 5.97. The van der Waals surface area contributed by atoms with Gasteiger partial charge in [-0.05, 0) is 92.8 Å². The van der Waals surface area contributed by atoms with Gasteiger partial charge in [0.25, 0.3) is 5.91 Å². The van der Waals surface area contributed by atoms with Gasteiger partial charge in [0.2, 0.25) is 5.91 Å². The van der Waals surface area contributed by atoms with E-state index in [0.29, 0.717) is 35.6 Å². The number of methoxy groups -OCH3 is 1. The molecule has 1 saturated heterocycles. The highest BCUT2D eigenvalue weighted by Gasteiger charge is 2.57. The van der Waals surface area contributed by atoms with E-state index in [1.165, 1.54) is 12.0 Å². The molecule has 0 spiro atoms. The molecule has 1 heterocycles. The van der Waals surface area contributed by atoms with Crippen LogP contribution in [0.25, 0.3) is 11.1 Å². The number of likely N-dealkylation sites (N-methyl/N-ethyl adjacent to an activating group) is 2. The summed E-state index contributed by atoms with van der Waals surface area (Å²) in [5, 5.41) is 26.4. The van der Waals surface area contributed by atoms with Crippen LogP contribution < -0.4 is 15.0 Å². The van der Waals surface area contributed by atoms with Gasteiger partial charge in [-0.25, -0.2) is 0 Å². The number of carbonyl (C=O) groups excluding carboxylic acids is 2. The minimum absolute atomic E-state index is 0.0354. The molecule has 0 radical (unpaired) electrons. The van der Waals surface area contributed by atoms with Crippen molar-refractivity contribution in [1.82, 2.24) is 20.2 Å². The first kappa shape index (κ1) is 42.6. The maximum absolute atomic E-state index is 14.4. The zero-order chi connectivity index (χ0) is 41.3. The summed E-state index contributed by atoms with van der Waals surface area (Å²) in [4.78, 5) is 41.0. The summed E-state index contributed by atoms with van der Waals surface area (Å²) in [6.45, 7) is 9.11. The Bertz CT molecular complexity index is 1870. The van der Waals surface area contributed by atoms with Crippen molar-refractivity contribution in [2.75, 3.05) is 60.4 Å². The van der Waals surface area contributed by atoms with Crippen molar-refractivity contribution in [3.63, 3.8) is 0 Å². The van der Waals surface area contributed by atoms with Crippen LogP contribution in [0.3, 0.4) is 0 Å². The van der Waals surface area contributed by atoms with Crippen LogP contribution in [0.15, 0.2) is 66.7 Å². The summed E-state index contributed by atoms with van der Waals surface area (Å²) < 4.78 is 6.14. The summed E-state index contributed by atoms with van der Waals surface area (Å²) in [6.07, 6.45) is 1.19. The van der Waals surface area contributed by atoms with Crippen LogP contribution in [-0.2, 0) is 22.6 Å². The number of carbonyl (C=O) groups is 2.